The maximum absolute atomic E-state index is 12.2. The number of carbonyl (C=O) groups excluding carboxylic acids is 1. The molecule has 0 bridgehead atoms. The van der Waals surface area contributed by atoms with Crippen molar-refractivity contribution in [2.24, 2.45) is 0 Å². The summed E-state index contributed by atoms with van der Waals surface area (Å²) in [5, 5.41) is 2.01. The summed E-state index contributed by atoms with van der Waals surface area (Å²) in [6.45, 7) is 4.78. The molecule has 3 rings (SSSR count). The highest BCUT2D eigenvalue weighted by Crippen LogP contribution is 2.17. The van der Waals surface area contributed by atoms with Gasteiger partial charge >= 0.3 is 0 Å². The number of hydrogen-bond donors (Lipinski definition) is 0. The molecule has 2 heterocycles. The van der Waals surface area contributed by atoms with Crippen molar-refractivity contribution in [3.05, 3.63) is 52.7 Å². The Balaban J connectivity index is 1.36. The van der Waals surface area contributed by atoms with Gasteiger partial charge in [0, 0.05) is 43.7 Å². The molecule has 0 aliphatic carbocycles. The number of hydrogen-bond acceptors (Lipinski definition) is 5. The minimum Gasteiger partial charge on any atom is -0.497 e. The van der Waals surface area contributed by atoms with Crippen molar-refractivity contribution in [1.29, 1.82) is 0 Å². The van der Waals surface area contributed by atoms with Crippen LogP contribution in [0.2, 0.25) is 0 Å². The first-order valence-electron chi connectivity index (χ1n) is 8.74. The van der Waals surface area contributed by atoms with Crippen LogP contribution in [-0.4, -0.2) is 62.1 Å². The molecule has 2 aromatic rings. The van der Waals surface area contributed by atoms with Crippen molar-refractivity contribution < 1.29 is 14.3 Å². The molecule has 138 valence electrons. The first-order chi connectivity index (χ1) is 12.7. The molecule has 0 N–H and O–H groups in total. The summed E-state index contributed by atoms with van der Waals surface area (Å²) in [7, 11) is 1.65. The summed E-state index contributed by atoms with van der Waals surface area (Å²) in [6.07, 6.45) is 3.57. The van der Waals surface area contributed by atoms with Gasteiger partial charge in [0.15, 0.2) is 0 Å². The van der Waals surface area contributed by atoms with E-state index in [0.717, 1.165) is 49.1 Å². The molecule has 1 aromatic carbocycles. The van der Waals surface area contributed by atoms with Gasteiger partial charge in [-0.05, 0) is 41.8 Å². The molecule has 1 amide bonds. The van der Waals surface area contributed by atoms with Crippen LogP contribution >= 0.6 is 11.3 Å². The normalized spacial score (nSPS) is 15.3. The molecule has 0 spiro atoms. The average molecular weight is 372 g/mol. The number of benzene rings is 1. The fourth-order valence-corrected chi connectivity index (χ4v) is 3.42. The standard InChI is InChI=1S/C20H24N2O3S/c1-24-17-4-6-18(7-5-17)25-15-14-21-10-12-22(13-11-21)20(23)9-8-19-3-2-16-26-19/h2-9,16H,10-15H2,1H3. The van der Waals surface area contributed by atoms with Gasteiger partial charge in [0.1, 0.15) is 18.1 Å². The topological polar surface area (TPSA) is 42.0 Å². The zero-order valence-corrected chi connectivity index (χ0v) is 15.8. The molecule has 26 heavy (non-hydrogen) atoms. The molecule has 0 saturated carbocycles. The third-order valence-corrected chi connectivity index (χ3v) is 5.19. The first-order valence-corrected chi connectivity index (χ1v) is 9.62. The zero-order valence-electron chi connectivity index (χ0n) is 15.0. The van der Waals surface area contributed by atoms with Gasteiger partial charge in [-0.1, -0.05) is 6.07 Å². The van der Waals surface area contributed by atoms with Gasteiger partial charge in [-0.25, -0.2) is 0 Å². The molecule has 1 aliphatic rings. The van der Waals surface area contributed by atoms with Crippen LogP contribution in [0.5, 0.6) is 11.5 Å². The Hall–Kier alpha value is -2.31. The zero-order chi connectivity index (χ0) is 18.2. The maximum atomic E-state index is 12.2. The number of methoxy groups -OCH3 is 1. The Bertz CT molecular complexity index is 705. The quantitative estimate of drug-likeness (QED) is 0.701. The second kappa shape index (κ2) is 9.40. The van der Waals surface area contributed by atoms with E-state index in [2.05, 4.69) is 4.90 Å². The molecular formula is C20H24N2O3S. The number of piperazine rings is 1. The average Bonchev–Trinajstić information content (AvgIpc) is 3.21. The van der Waals surface area contributed by atoms with E-state index in [1.54, 1.807) is 24.5 Å². The minimum atomic E-state index is 0.0903. The first kappa shape index (κ1) is 18.5. The molecule has 1 aliphatic heterocycles. The molecule has 6 heteroatoms. The van der Waals surface area contributed by atoms with E-state index in [1.807, 2.05) is 52.8 Å². The SMILES string of the molecule is COc1ccc(OCCN2CCN(C(=O)C=Cc3cccs3)CC2)cc1. The van der Waals surface area contributed by atoms with Crippen LogP contribution < -0.4 is 9.47 Å². The molecule has 0 radical (unpaired) electrons. The van der Waals surface area contributed by atoms with Crippen molar-refractivity contribution in [2.45, 2.75) is 0 Å². The molecular weight excluding hydrogens is 348 g/mol. The molecule has 1 saturated heterocycles. The van der Waals surface area contributed by atoms with Crippen molar-refractivity contribution in [2.75, 3.05) is 46.4 Å². The van der Waals surface area contributed by atoms with Crippen LogP contribution in [0.3, 0.4) is 0 Å². The van der Waals surface area contributed by atoms with Crippen LogP contribution in [0.25, 0.3) is 6.08 Å². The number of carbonyl (C=O) groups is 1. The minimum absolute atomic E-state index is 0.0903. The van der Waals surface area contributed by atoms with Gasteiger partial charge in [-0.2, -0.15) is 0 Å². The van der Waals surface area contributed by atoms with Crippen molar-refractivity contribution in [1.82, 2.24) is 9.80 Å². The Morgan fingerprint density at radius 3 is 2.50 bits per heavy atom. The Kier molecular flexibility index (Phi) is 6.68. The van der Waals surface area contributed by atoms with E-state index >= 15 is 0 Å². The van der Waals surface area contributed by atoms with Crippen LogP contribution in [0.1, 0.15) is 4.88 Å². The fourth-order valence-electron chi connectivity index (χ4n) is 2.80. The van der Waals surface area contributed by atoms with E-state index in [0.29, 0.717) is 6.61 Å². The highest BCUT2D eigenvalue weighted by molar-refractivity contribution is 7.10. The van der Waals surface area contributed by atoms with Crippen molar-refractivity contribution in [3.63, 3.8) is 0 Å². The third kappa shape index (κ3) is 5.34. The summed E-state index contributed by atoms with van der Waals surface area (Å²) in [5.74, 6) is 1.76. The number of amides is 1. The third-order valence-electron chi connectivity index (χ3n) is 4.35. The van der Waals surface area contributed by atoms with E-state index in [9.17, 15) is 4.79 Å². The summed E-state index contributed by atoms with van der Waals surface area (Å²) in [6, 6.07) is 11.6. The summed E-state index contributed by atoms with van der Waals surface area (Å²) < 4.78 is 10.9. The van der Waals surface area contributed by atoms with Gasteiger partial charge in [0.2, 0.25) is 5.91 Å². The van der Waals surface area contributed by atoms with Gasteiger partial charge in [-0.3, -0.25) is 9.69 Å². The highest BCUT2D eigenvalue weighted by atomic mass is 32.1. The van der Waals surface area contributed by atoms with Gasteiger partial charge in [0.25, 0.3) is 0 Å². The monoisotopic (exact) mass is 372 g/mol. The van der Waals surface area contributed by atoms with Crippen LogP contribution in [0, 0.1) is 0 Å². The Labute approximate surface area is 158 Å². The van der Waals surface area contributed by atoms with Crippen molar-refractivity contribution >= 4 is 23.3 Å². The van der Waals surface area contributed by atoms with Crippen LogP contribution in [0.15, 0.2) is 47.9 Å². The Morgan fingerprint density at radius 1 is 1.12 bits per heavy atom. The number of rotatable bonds is 7. The predicted molar refractivity (Wildman–Crippen MR) is 105 cm³/mol. The maximum Gasteiger partial charge on any atom is 0.246 e. The van der Waals surface area contributed by atoms with E-state index in [4.69, 9.17) is 9.47 Å². The van der Waals surface area contributed by atoms with E-state index < -0.39 is 0 Å². The molecule has 1 fully saturated rings. The Morgan fingerprint density at radius 2 is 1.85 bits per heavy atom. The largest absolute Gasteiger partial charge is 0.497 e. The van der Waals surface area contributed by atoms with E-state index in [-0.39, 0.29) is 5.91 Å². The van der Waals surface area contributed by atoms with Crippen LogP contribution in [-0.2, 0) is 4.79 Å². The number of thiophene rings is 1. The van der Waals surface area contributed by atoms with Crippen LogP contribution in [0.4, 0.5) is 0 Å². The van der Waals surface area contributed by atoms with Crippen molar-refractivity contribution in [3.8, 4) is 11.5 Å². The molecule has 1 aromatic heterocycles. The van der Waals surface area contributed by atoms with Gasteiger partial charge < -0.3 is 14.4 Å². The van der Waals surface area contributed by atoms with E-state index in [1.165, 1.54) is 0 Å². The second-order valence-corrected chi connectivity index (χ2v) is 7.02. The lowest BCUT2D eigenvalue weighted by Crippen LogP contribution is -2.49. The van der Waals surface area contributed by atoms with Gasteiger partial charge in [-0.15, -0.1) is 11.3 Å². The smallest absolute Gasteiger partial charge is 0.246 e. The predicted octanol–water partition coefficient (Wildman–Crippen LogP) is 2.99. The highest BCUT2D eigenvalue weighted by Gasteiger charge is 2.19. The second-order valence-electron chi connectivity index (χ2n) is 6.04. The molecule has 0 atom stereocenters. The lowest BCUT2D eigenvalue weighted by molar-refractivity contribution is -0.127. The van der Waals surface area contributed by atoms with Gasteiger partial charge in [0.05, 0.1) is 7.11 Å². The molecule has 0 unspecified atom stereocenters. The molecule has 5 nitrogen and oxygen atoms in total. The number of ether oxygens (including phenoxy) is 2. The summed E-state index contributed by atoms with van der Waals surface area (Å²) >= 11 is 1.63. The summed E-state index contributed by atoms with van der Waals surface area (Å²) in [4.78, 5) is 17.6. The lowest BCUT2D eigenvalue weighted by atomic mass is 10.3. The fraction of sp³-hybridized carbons (Fsp3) is 0.350. The summed E-state index contributed by atoms with van der Waals surface area (Å²) in [5.41, 5.74) is 0. The lowest BCUT2D eigenvalue weighted by Gasteiger charge is -2.34. The number of nitrogens with zero attached hydrogens (tertiary/aromatic N) is 2.